The van der Waals surface area contributed by atoms with E-state index < -0.39 is 54.9 Å². The van der Waals surface area contributed by atoms with Gasteiger partial charge < -0.3 is 37.4 Å². The summed E-state index contributed by atoms with van der Waals surface area (Å²) in [6.07, 6.45) is -1.43. The molecule has 0 bridgehead atoms. The van der Waals surface area contributed by atoms with Crippen LogP contribution in [0.1, 0.15) is 40.0 Å². The number of hydrogen-bond acceptors (Lipinski definition) is 11. The van der Waals surface area contributed by atoms with Gasteiger partial charge in [0.05, 0.1) is 35.2 Å². The highest BCUT2D eigenvalue weighted by molar-refractivity contribution is 7.86. The maximum absolute atomic E-state index is 12.0. The lowest BCUT2D eigenvalue weighted by Crippen LogP contribution is -2.34. The molecule has 0 N–H and O–H groups in total. The summed E-state index contributed by atoms with van der Waals surface area (Å²) in [5.74, 6) is -0.852. The minimum absolute atomic E-state index is 0.0176. The van der Waals surface area contributed by atoms with Gasteiger partial charge in [0, 0.05) is 6.16 Å². The van der Waals surface area contributed by atoms with Crippen molar-refractivity contribution in [3.8, 4) is 0 Å². The van der Waals surface area contributed by atoms with Crippen molar-refractivity contribution in [2.45, 2.75) is 45.3 Å². The Morgan fingerprint density at radius 3 is 2.12 bits per heavy atom. The molecule has 0 radical (unpaired) electrons. The molecular formula is C11H20O11P2S-4. The summed E-state index contributed by atoms with van der Waals surface area (Å²) < 4.78 is 62.9. The molecule has 0 aliphatic rings. The lowest BCUT2D eigenvalue weighted by Gasteiger charge is -2.36. The molecule has 0 aliphatic carbocycles. The van der Waals surface area contributed by atoms with E-state index in [1.165, 1.54) is 20.8 Å². The molecule has 14 heteroatoms. The third-order valence-corrected chi connectivity index (χ3v) is 7.16. The number of carbonyl (C=O) groups is 1. The third-order valence-electron chi connectivity index (χ3n) is 3.19. The van der Waals surface area contributed by atoms with E-state index >= 15 is 0 Å². The normalized spacial score (nSPS) is 16.9. The van der Waals surface area contributed by atoms with Crippen molar-refractivity contribution in [1.29, 1.82) is 0 Å². The van der Waals surface area contributed by atoms with Crippen molar-refractivity contribution >= 4 is 31.5 Å². The molecule has 0 fully saturated rings. The summed E-state index contributed by atoms with van der Waals surface area (Å²) >= 11 is 0. The molecule has 0 saturated heterocycles. The van der Waals surface area contributed by atoms with E-state index in [9.17, 15) is 41.6 Å². The Hall–Kier alpha value is -0.320. The van der Waals surface area contributed by atoms with E-state index in [-0.39, 0.29) is 19.3 Å². The molecule has 11 nitrogen and oxygen atoms in total. The second kappa shape index (κ2) is 9.05. The van der Waals surface area contributed by atoms with Crippen LogP contribution >= 0.6 is 15.4 Å². The fraction of sp³-hybridized carbons (Fsp3) is 0.909. The highest BCUT2D eigenvalue weighted by Gasteiger charge is 2.34. The topological polar surface area (TPSA) is 196 Å². The van der Waals surface area contributed by atoms with Crippen LogP contribution in [0.2, 0.25) is 0 Å². The van der Waals surface area contributed by atoms with Crippen molar-refractivity contribution in [3.63, 3.8) is 0 Å². The van der Waals surface area contributed by atoms with Crippen LogP contribution in [0.3, 0.4) is 0 Å². The summed E-state index contributed by atoms with van der Waals surface area (Å²) in [4.78, 5) is 43.6. The molecule has 0 heterocycles. The van der Waals surface area contributed by atoms with Gasteiger partial charge in [0.15, 0.2) is 0 Å². The molecule has 0 amide bonds. The van der Waals surface area contributed by atoms with Crippen molar-refractivity contribution in [3.05, 3.63) is 0 Å². The zero-order chi connectivity index (χ0) is 20.1. The summed E-state index contributed by atoms with van der Waals surface area (Å²) in [6, 6.07) is 0. The molecule has 25 heavy (non-hydrogen) atoms. The lowest BCUT2D eigenvalue weighted by molar-refractivity contribution is -0.337. The molecule has 0 aromatic rings. The largest absolute Gasteiger partial charge is 0.790 e. The van der Waals surface area contributed by atoms with Gasteiger partial charge in [-0.2, -0.15) is 0 Å². The van der Waals surface area contributed by atoms with Crippen LogP contribution in [0, 0.1) is 5.41 Å². The maximum atomic E-state index is 12.0. The molecule has 2 unspecified atom stereocenters. The summed E-state index contributed by atoms with van der Waals surface area (Å²) in [5.41, 5.74) is -1.31. The minimum atomic E-state index is -5.69. The fourth-order valence-electron chi connectivity index (χ4n) is 1.91. The Kier molecular flexibility index (Phi) is 8.94. The van der Waals surface area contributed by atoms with Gasteiger partial charge in [-0.05, 0) is 33.1 Å². The average molecular weight is 422 g/mol. The Bertz CT molecular complexity index is 651. The first-order chi connectivity index (χ1) is 11.0. The van der Waals surface area contributed by atoms with Crippen molar-refractivity contribution in [2.24, 2.45) is 5.41 Å². The summed E-state index contributed by atoms with van der Waals surface area (Å²) in [7, 11) is -15.2. The van der Waals surface area contributed by atoms with Gasteiger partial charge in [0.1, 0.15) is 7.60 Å². The Morgan fingerprint density at radius 1 is 1.20 bits per heavy atom. The lowest BCUT2D eigenvalue weighted by atomic mass is 9.87. The molecule has 0 rings (SSSR count). The van der Waals surface area contributed by atoms with E-state index in [0.717, 1.165) is 0 Å². The fourth-order valence-corrected chi connectivity index (χ4v) is 5.01. The number of esters is 1. The van der Waals surface area contributed by atoms with Gasteiger partial charge in [-0.15, -0.1) is 0 Å². The number of carbonyl (C=O) groups excluding carboxylic acids is 1. The summed E-state index contributed by atoms with van der Waals surface area (Å²) in [6.45, 7) is 3.80. The Morgan fingerprint density at radius 2 is 1.72 bits per heavy atom. The van der Waals surface area contributed by atoms with E-state index in [1.54, 1.807) is 0 Å². The van der Waals surface area contributed by atoms with Crippen LogP contribution in [-0.2, 0) is 33.1 Å². The monoisotopic (exact) mass is 422 g/mol. The van der Waals surface area contributed by atoms with Gasteiger partial charge in [-0.25, -0.2) is 8.42 Å². The number of hydrogen-bond donors (Lipinski definition) is 0. The first-order valence-corrected chi connectivity index (χ1v) is 11.8. The predicted molar refractivity (Wildman–Crippen MR) is 78.9 cm³/mol. The first kappa shape index (κ1) is 24.7. The van der Waals surface area contributed by atoms with Crippen LogP contribution in [-0.4, -0.2) is 37.0 Å². The Labute approximate surface area is 146 Å². The number of ether oxygens (including phenoxy) is 1. The third kappa shape index (κ3) is 10.4. The zero-order valence-corrected chi connectivity index (χ0v) is 16.5. The first-order valence-electron chi connectivity index (χ1n) is 7.15. The van der Waals surface area contributed by atoms with Gasteiger partial charge in [0.2, 0.25) is 0 Å². The van der Waals surface area contributed by atoms with E-state index in [4.69, 9.17) is 4.74 Å². The van der Waals surface area contributed by atoms with E-state index in [1.807, 2.05) is 0 Å². The smallest absolute Gasteiger partial charge is 0.311 e. The molecule has 2 atom stereocenters. The van der Waals surface area contributed by atoms with Crippen LogP contribution in [0.4, 0.5) is 0 Å². The van der Waals surface area contributed by atoms with Gasteiger partial charge >= 0.3 is 5.97 Å². The average Bonchev–Trinajstić information content (AvgIpc) is 2.36. The van der Waals surface area contributed by atoms with E-state index in [0.29, 0.717) is 0 Å². The SMILES string of the molecule is CCC(CC(C)(C)C(=O)OCCCP(=O)([O-])OP(=O)([O-])[O-])S(=O)(=O)[O-]. The van der Waals surface area contributed by atoms with Gasteiger partial charge in [-0.1, -0.05) is 6.92 Å². The van der Waals surface area contributed by atoms with Gasteiger partial charge in [-0.3, -0.25) is 4.79 Å². The second-order valence-electron chi connectivity index (χ2n) is 5.96. The highest BCUT2D eigenvalue weighted by atomic mass is 32.2. The molecule has 0 saturated carbocycles. The van der Waals surface area contributed by atoms with Crippen LogP contribution in [0.5, 0.6) is 0 Å². The van der Waals surface area contributed by atoms with Gasteiger partial charge in [0.25, 0.3) is 0 Å². The maximum Gasteiger partial charge on any atom is 0.311 e. The molecular weight excluding hydrogens is 402 g/mol. The molecule has 150 valence electrons. The molecule has 0 aromatic carbocycles. The molecule has 0 spiro atoms. The van der Waals surface area contributed by atoms with Crippen molar-refractivity contribution in [1.82, 2.24) is 0 Å². The Balaban J connectivity index is 4.55. The summed E-state index contributed by atoms with van der Waals surface area (Å²) in [5, 5.41) is -1.27. The zero-order valence-electron chi connectivity index (χ0n) is 13.9. The molecule has 0 aromatic heterocycles. The van der Waals surface area contributed by atoms with Crippen LogP contribution in [0.15, 0.2) is 0 Å². The quantitative estimate of drug-likeness (QED) is 0.172. The van der Waals surface area contributed by atoms with E-state index in [2.05, 4.69) is 4.31 Å². The van der Waals surface area contributed by atoms with Crippen LogP contribution in [0.25, 0.3) is 0 Å². The number of rotatable bonds is 11. The highest BCUT2D eigenvalue weighted by Crippen LogP contribution is 2.49. The predicted octanol–water partition coefficient (Wildman–Crippen LogP) is -0.941. The van der Waals surface area contributed by atoms with Crippen molar-refractivity contribution in [2.75, 3.05) is 12.8 Å². The second-order valence-corrected chi connectivity index (χ2v) is 10.8. The minimum Gasteiger partial charge on any atom is -0.790 e. The standard InChI is InChI=1S/C11H24O11P2S/c1-4-9(25(18,19)20)8-11(2,3)10(12)21-6-5-7-23(13,14)22-24(15,16)17/h9H,4-8H2,1-3H3,(H,13,14)(H2,15,16,17)(H,18,19,20)/p-4. The molecule has 0 aliphatic heterocycles. The van der Waals surface area contributed by atoms with Crippen LogP contribution < -0.4 is 14.7 Å². The number of phosphoric acid groups is 1. The van der Waals surface area contributed by atoms with Crippen molar-refractivity contribution < 1.29 is 50.6 Å².